The molecule has 3 aliphatic rings. The number of carbonyl (C=O) groups excluding carboxylic acids is 1. The summed E-state index contributed by atoms with van der Waals surface area (Å²) in [5.41, 5.74) is 1.06. The van der Waals surface area contributed by atoms with Gasteiger partial charge in [-0.05, 0) is 30.9 Å². The second-order valence-corrected chi connectivity index (χ2v) is 8.41. The van der Waals surface area contributed by atoms with Gasteiger partial charge in [-0.15, -0.1) is 5.10 Å². The van der Waals surface area contributed by atoms with Gasteiger partial charge in [-0.1, -0.05) is 11.3 Å². The van der Waals surface area contributed by atoms with E-state index < -0.39 is 17.6 Å². The van der Waals surface area contributed by atoms with E-state index in [1.165, 1.54) is 0 Å². The summed E-state index contributed by atoms with van der Waals surface area (Å²) in [6.07, 6.45) is -3.00. The highest BCUT2D eigenvalue weighted by Crippen LogP contribution is 2.40. The molecule has 1 aromatic heterocycles. The first-order valence-corrected chi connectivity index (χ1v) is 10.2. The monoisotopic (exact) mass is 439 g/mol. The smallest absolute Gasteiger partial charge is 0.370 e. The number of benzene rings is 1. The predicted octanol–water partition coefficient (Wildman–Crippen LogP) is 2.95. The van der Waals surface area contributed by atoms with E-state index in [-0.39, 0.29) is 30.2 Å². The van der Waals surface area contributed by atoms with E-state index in [0.717, 1.165) is 36.4 Å². The van der Waals surface area contributed by atoms with E-state index in [1.807, 2.05) is 4.90 Å². The largest absolute Gasteiger partial charge is 0.416 e. The van der Waals surface area contributed by atoms with Crippen LogP contribution >= 0.6 is 0 Å². The van der Waals surface area contributed by atoms with Crippen LogP contribution in [0.25, 0.3) is 0 Å². The third kappa shape index (κ3) is 3.75. The van der Waals surface area contributed by atoms with Crippen LogP contribution < -0.4 is 0 Å². The van der Waals surface area contributed by atoms with Gasteiger partial charge in [-0.3, -0.25) is 5.10 Å². The van der Waals surface area contributed by atoms with Crippen LogP contribution in [0.2, 0.25) is 0 Å². The number of H-pyrrole nitrogens is 1. The van der Waals surface area contributed by atoms with Gasteiger partial charge in [-0.2, -0.15) is 13.2 Å². The molecule has 2 fully saturated rings. The molecule has 2 atom stereocenters. The first-order valence-electron chi connectivity index (χ1n) is 10.2. The first-order chi connectivity index (χ1) is 14.8. The zero-order valence-corrected chi connectivity index (χ0v) is 16.5. The Morgan fingerprint density at radius 1 is 1.19 bits per heavy atom. The molecule has 0 unspecified atom stereocenters. The van der Waals surface area contributed by atoms with Gasteiger partial charge in [-0.25, -0.2) is 9.18 Å². The minimum absolute atomic E-state index is 0.0519. The molecule has 7 nitrogen and oxygen atoms in total. The summed E-state index contributed by atoms with van der Waals surface area (Å²) < 4.78 is 57.4. The number of halogens is 4. The van der Waals surface area contributed by atoms with Crippen molar-refractivity contribution in [2.24, 2.45) is 5.92 Å². The van der Waals surface area contributed by atoms with Gasteiger partial charge in [0.15, 0.2) is 0 Å². The van der Waals surface area contributed by atoms with E-state index in [2.05, 4.69) is 15.4 Å². The summed E-state index contributed by atoms with van der Waals surface area (Å²) in [5.74, 6) is -0.317. The Bertz CT molecular complexity index is 988. The fourth-order valence-corrected chi connectivity index (χ4v) is 4.66. The molecule has 11 heteroatoms. The maximum absolute atomic E-state index is 13.9. The molecule has 166 valence electrons. The van der Waals surface area contributed by atoms with E-state index in [1.54, 1.807) is 4.90 Å². The van der Waals surface area contributed by atoms with Crippen LogP contribution in [0.3, 0.4) is 0 Å². The lowest BCUT2D eigenvalue weighted by molar-refractivity contribution is -0.137. The number of nitrogens with one attached hydrogen (secondary N) is 1. The van der Waals surface area contributed by atoms with Crippen molar-refractivity contribution in [3.05, 3.63) is 46.5 Å². The van der Waals surface area contributed by atoms with Gasteiger partial charge in [0.2, 0.25) is 0 Å². The molecule has 3 heterocycles. The minimum Gasteiger partial charge on any atom is -0.370 e. The van der Waals surface area contributed by atoms with E-state index in [9.17, 15) is 22.4 Å². The van der Waals surface area contributed by atoms with Crippen LogP contribution in [0.1, 0.15) is 34.9 Å². The van der Waals surface area contributed by atoms with E-state index in [0.29, 0.717) is 38.2 Å². The molecule has 5 rings (SSSR count). The number of fused-ring (bicyclic) bond motifs is 3. The summed E-state index contributed by atoms with van der Waals surface area (Å²) in [6, 6.07) is 2.35. The number of hydrogen-bond acceptors (Lipinski definition) is 4. The molecule has 1 aliphatic carbocycles. The Labute approximate surface area is 175 Å². The number of rotatable bonds is 3. The van der Waals surface area contributed by atoms with Crippen molar-refractivity contribution in [3.63, 3.8) is 0 Å². The van der Waals surface area contributed by atoms with Crippen LogP contribution in [0, 0.1) is 11.7 Å². The fraction of sp³-hybridized carbons (Fsp3) is 0.550. The Morgan fingerprint density at radius 3 is 2.71 bits per heavy atom. The van der Waals surface area contributed by atoms with Crippen LogP contribution in [-0.2, 0) is 23.9 Å². The van der Waals surface area contributed by atoms with Crippen LogP contribution in [-0.4, -0.2) is 63.5 Å². The highest BCUT2D eigenvalue weighted by molar-refractivity contribution is 5.76. The van der Waals surface area contributed by atoms with E-state index in [4.69, 9.17) is 4.74 Å². The SMILES string of the molecule is O=C(N1CC(OCc2ccc(C(F)(F)F)cc2F)C1)N1C[C@@H]2CCc3nn[nH]c3[C@@H]2C1. The number of aryl methyl sites for hydroxylation is 1. The summed E-state index contributed by atoms with van der Waals surface area (Å²) >= 11 is 0. The number of aromatic nitrogens is 3. The predicted molar refractivity (Wildman–Crippen MR) is 99.5 cm³/mol. The standard InChI is InChI=1S/C20H21F4N5O2/c21-16-5-13(20(22,23)24)3-1-12(16)10-31-14-7-29(8-14)19(30)28-6-11-2-4-17-18(15(11)9-28)26-27-25-17/h1,3,5,11,14-15H,2,4,6-10H2,(H,25,26,27)/t11-,15+/m0/s1. The molecule has 31 heavy (non-hydrogen) atoms. The van der Waals surface area contributed by atoms with Gasteiger partial charge in [0.05, 0.1) is 42.8 Å². The van der Waals surface area contributed by atoms with Gasteiger partial charge in [0, 0.05) is 24.6 Å². The number of amides is 2. The van der Waals surface area contributed by atoms with Crippen LogP contribution in [0.5, 0.6) is 0 Å². The summed E-state index contributed by atoms with van der Waals surface area (Å²) in [5, 5.41) is 11.0. The number of alkyl halides is 3. The number of carbonyl (C=O) groups is 1. The molecule has 1 aromatic carbocycles. The van der Waals surface area contributed by atoms with Crippen molar-refractivity contribution in [1.29, 1.82) is 0 Å². The first kappa shape index (κ1) is 20.2. The molecule has 0 radical (unpaired) electrons. The zero-order chi connectivity index (χ0) is 21.8. The van der Waals surface area contributed by atoms with Crippen molar-refractivity contribution in [1.82, 2.24) is 25.2 Å². The van der Waals surface area contributed by atoms with Crippen molar-refractivity contribution < 1.29 is 27.1 Å². The van der Waals surface area contributed by atoms with Crippen molar-refractivity contribution in [2.45, 2.75) is 37.6 Å². The third-order valence-electron chi connectivity index (χ3n) is 6.46. The quantitative estimate of drug-likeness (QED) is 0.747. The highest BCUT2D eigenvalue weighted by Gasteiger charge is 2.44. The average Bonchev–Trinajstić information content (AvgIpc) is 3.32. The number of hydrogen-bond donors (Lipinski definition) is 1. The summed E-state index contributed by atoms with van der Waals surface area (Å²) in [7, 11) is 0. The molecule has 1 N–H and O–H groups in total. The Morgan fingerprint density at radius 2 is 1.97 bits per heavy atom. The van der Waals surface area contributed by atoms with Crippen molar-refractivity contribution in [3.8, 4) is 0 Å². The van der Waals surface area contributed by atoms with Gasteiger partial charge in [0.25, 0.3) is 0 Å². The Kier molecular flexibility index (Phi) is 4.87. The molecule has 0 saturated carbocycles. The molecule has 2 saturated heterocycles. The number of urea groups is 1. The second kappa shape index (κ2) is 7.47. The van der Waals surface area contributed by atoms with Crippen molar-refractivity contribution >= 4 is 6.03 Å². The molecular weight excluding hydrogens is 418 g/mol. The zero-order valence-electron chi connectivity index (χ0n) is 16.5. The van der Waals surface area contributed by atoms with Gasteiger partial charge >= 0.3 is 12.2 Å². The fourth-order valence-electron chi connectivity index (χ4n) is 4.66. The Hall–Kier alpha value is -2.69. The third-order valence-corrected chi connectivity index (χ3v) is 6.46. The normalized spacial score (nSPS) is 23.5. The van der Waals surface area contributed by atoms with Gasteiger partial charge in [0.1, 0.15) is 5.82 Å². The molecule has 0 bridgehead atoms. The van der Waals surface area contributed by atoms with Crippen LogP contribution in [0.4, 0.5) is 22.4 Å². The van der Waals surface area contributed by atoms with Crippen molar-refractivity contribution in [2.75, 3.05) is 26.2 Å². The summed E-state index contributed by atoms with van der Waals surface area (Å²) in [4.78, 5) is 16.3. The Balaban J connectivity index is 1.11. The number of nitrogens with zero attached hydrogens (tertiary/aromatic N) is 4. The number of aromatic amines is 1. The number of likely N-dealkylation sites (tertiary alicyclic amines) is 2. The lowest BCUT2D eigenvalue weighted by Gasteiger charge is -2.40. The molecule has 2 aromatic rings. The maximum Gasteiger partial charge on any atom is 0.416 e. The average molecular weight is 439 g/mol. The topological polar surface area (TPSA) is 74.3 Å². The summed E-state index contributed by atoms with van der Waals surface area (Å²) in [6.45, 7) is 1.94. The molecule has 0 spiro atoms. The highest BCUT2D eigenvalue weighted by atomic mass is 19.4. The minimum atomic E-state index is -4.59. The lowest BCUT2D eigenvalue weighted by atomic mass is 9.82. The van der Waals surface area contributed by atoms with Crippen LogP contribution in [0.15, 0.2) is 18.2 Å². The van der Waals surface area contributed by atoms with Gasteiger partial charge < -0.3 is 14.5 Å². The lowest BCUT2D eigenvalue weighted by Crippen LogP contribution is -2.58. The molecular formula is C20H21F4N5O2. The van der Waals surface area contributed by atoms with E-state index >= 15 is 0 Å². The second-order valence-electron chi connectivity index (χ2n) is 8.41. The number of ether oxygens (including phenoxy) is 1. The molecule has 2 amide bonds. The maximum atomic E-state index is 13.9. The molecule has 2 aliphatic heterocycles.